The van der Waals surface area contributed by atoms with Crippen LogP contribution in [0.2, 0.25) is 0 Å². The molecule has 0 aliphatic carbocycles. The number of nitrogens with one attached hydrogen (secondary N) is 1. The van der Waals surface area contributed by atoms with E-state index < -0.39 is 11.8 Å². The number of ether oxygens (including phenoxy) is 1. The molecule has 1 unspecified atom stereocenters. The predicted molar refractivity (Wildman–Crippen MR) is 31.1 cm³/mol. The average Bonchev–Trinajstić information content (AvgIpc) is 2.07. The molecule has 0 saturated carbocycles. The van der Waals surface area contributed by atoms with Crippen molar-refractivity contribution in [1.82, 2.24) is 5.32 Å². The Kier molecular flexibility index (Phi) is 1.04. The molecule has 0 aromatic carbocycles. The van der Waals surface area contributed by atoms with Crippen molar-refractivity contribution in [3.8, 4) is 0 Å². The van der Waals surface area contributed by atoms with E-state index in [-0.39, 0.29) is 0 Å². The fourth-order valence-corrected chi connectivity index (χ4v) is 1.41. The second kappa shape index (κ2) is 1.67. The number of alkyl halides is 1. The lowest BCUT2D eigenvalue weighted by molar-refractivity contribution is -0.0686. The van der Waals surface area contributed by atoms with Crippen molar-refractivity contribution in [1.29, 1.82) is 0 Å². The van der Waals surface area contributed by atoms with E-state index in [9.17, 15) is 4.39 Å². The first-order valence-corrected chi connectivity index (χ1v) is 3.32. The van der Waals surface area contributed by atoms with Crippen molar-refractivity contribution < 1.29 is 9.13 Å². The van der Waals surface area contributed by atoms with E-state index in [0.29, 0.717) is 26.1 Å². The summed E-state index contributed by atoms with van der Waals surface area (Å²) in [7, 11) is 0. The normalized spacial score (nSPS) is 39.0. The number of hydrogen-bond donors (Lipinski definition) is 1. The second-order valence-corrected chi connectivity index (χ2v) is 2.77. The Morgan fingerprint density at radius 3 is 2.56 bits per heavy atom. The van der Waals surface area contributed by atoms with Crippen LogP contribution in [0.4, 0.5) is 4.39 Å². The number of rotatable bonds is 0. The van der Waals surface area contributed by atoms with E-state index in [1.54, 1.807) is 0 Å². The summed E-state index contributed by atoms with van der Waals surface area (Å²) in [6, 6.07) is 0. The standard InChI is InChI=1S/C6H10FNO/c7-5-1-2-9-6(5)3-8-4-6/h5,8H,1-4H2. The molecule has 2 nitrogen and oxygen atoms in total. The highest BCUT2D eigenvalue weighted by molar-refractivity contribution is 5.03. The van der Waals surface area contributed by atoms with E-state index in [0.717, 1.165) is 0 Å². The van der Waals surface area contributed by atoms with Crippen LogP contribution in [0, 0.1) is 0 Å². The van der Waals surface area contributed by atoms with Crippen LogP contribution in [-0.2, 0) is 4.74 Å². The maximum absolute atomic E-state index is 12.9. The molecule has 0 aromatic rings. The van der Waals surface area contributed by atoms with Crippen molar-refractivity contribution in [3.05, 3.63) is 0 Å². The molecule has 2 aliphatic heterocycles. The Bertz CT molecular complexity index is 124. The van der Waals surface area contributed by atoms with Gasteiger partial charge in [0.15, 0.2) is 0 Å². The summed E-state index contributed by atoms with van der Waals surface area (Å²) < 4.78 is 18.1. The Balaban J connectivity index is 2.09. The van der Waals surface area contributed by atoms with Gasteiger partial charge in [0.2, 0.25) is 0 Å². The zero-order valence-corrected chi connectivity index (χ0v) is 5.19. The maximum Gasteiger partial charge on any atom is 0.134 e. The largest absolute Gasteiger partial charge is 0.369 e. The van der Waals surface area contributed by atoms with Gasteiger partial charge in [0.1, 0.15) is 11.8 Å². The van der Waals surface area contributed by atoms with Gasteiger partial charge < -0.3 is 10.1 Å². The summed E-state index contributed by atoms with van der Waals surface area (Å²) in [6.45, 7) is 2.01. The Hall–Kier alpha value is -0.150. The molecular weight excluding hydrogens is 121 g/mol. The van der Waals surface area contributed by atoms with Gasteiger partial charge in [-0.05, 0) is 0 Å². The van der Waals surface area contributed by atoms with Crippen LogP contribution >= 0.6 is 0 Å². The lowest BCUT2D eigenvalue weighted by Crippen LogP contribution is -2.63. The minimum atomic E-state index is -0.723. The maximum atomic E-state index is 12.9. The van der Waals surface area contributed by atoms with Gasteiger partial charge in [-0.25, -0.2) is 4.39 Å². The van der Waals surface area contributed by atoms with Gasteiger partial charge in [-0.15, -0.1) is 0 Å². The molecule has 52 valence electrons. The monoisotopic (exact) mass is 131 g/mol. The van der Waals surface area contributed by atoms with Crippen molar-refractivity contribution in [2.75, 3.05) is 19.7 Å². The molecule has 3 heteroatoms. The molecular formula is C6H10FNO. The third-order valence-corrected chi connectivity index (χ3v) is 2.18. The summed E-state index contributed by atoms with van der Waals surface area (Å²) in [5.41, 5.74) is -0.403. The number of halogens is 1. The summed E-state index contributed by atoms with van der Waals surface area (Å²) in [4.78, 5) is 0. The van der Waals surface area contributed by atoms with E-state index >= 15 is 0 Å². The summed E-state index contributed by atoms with van der Waals surface area (Å²) in [5.74, 6) is 0. The van der Waals surface area contributed by atoms with Gasteiger partial charge in [0.25, 0.3) is 0 Å². The molecule has 0 bridgehead atoms. The van der Waals surface area contributed by atoms with Crippen molar-refractivity contribution in [3.63, 3.8) is 0 Å². The van der Waals surface area contributed by atoms with Gasteiger partial charge in [0.05, 0.1) is 6.61 Å². The van der Waals surface area contributed by atoms with E-state index in [4.69, 9.17) is 4.74 Å². The Labute approximate surface area is 53.4 Å². The second-order valence-electron chi connectivity index (χ2n) is 2.77. The lowest BCUT2D eigenvalue weighted by Gasteiger charge is -2.39. The fourth-order valence-electron chi connectivity index (χ4n) is 1.41. The molecule has 9 heavy (non-hydrogen) atoms. The summed E-state index contributed by atoms with van der Waals surface area (Å²) in [5, 5.41) is 3.01. The van der Waals surface area contributed by atoms with Gasteiger partial charge >= 0.3 is 0 Å². The molecule has 1 spiro atoms. The smallest absolute Gasteiger partial charge is 0.134 e. The topological polar surface area (TPSA) is 21.3 Å². The highest BCUT2D eigenvalue weighted by Gasteiger charge is 2.49. The molecule has 2 fully saturated rings. The Morgan fingerprint density at radius 2 is 2.33 bits per heavy atom. The third kappa shape index (κ3) is 0.618. The predicted octanol–water partition coefficient (Wildman–Crippen LogP) is 0.0868. The molecule has 2 rings (SSSR count). The lowest BCUT2D eigenvalue weighted by atomic mass is 9.92. The van der Waals surface area contributed by atoms with Crippen molar-refractivity contribution in [2.45, 2.75) is 18.2 Å². The van der Waals surface area contributed by atoms with Gasteiger partial charge in [-0.3, -0.25) is 0 Å². The molecule has 1 atom stereocenters. The molecule has 0 amide bonds. The number of hydrogen-bond acceptors (Lipinski definition) is 2. The van der Waals surface area contributed by atoms with Crippen LogP contribution < -0.4 is 5.32 Å². The minimum absolute atomic E-state index is 0.403. The zero-order chi connectivity index (χ0) is 6.32. The van der Waals surface area contributed by atoms with Crippen LogP contribution in [-0.4, -0.2) is 31.5 Å². The van der Waals surface area contributed by atoms with Crippen LogP contribution in [0.1, 0.15) is 6.42 Å². The minimum Gasteiger partial charge on any atom is -0.369 e. The van der Waals surface area contributed by atoms with Crippen LogP contribution in [0.3, 0.4) is 0 Å². The third-order valence-electron chi connectivity index (χ3n) is 2.18. The molecule has 0 radical (unpaired) electrons. The Morgan fingerprint density at radius 1 is 1.56 bits per heavy atom. The molecule has 0 aromatic heterocycles. The van der Waals surface area contributed by atoms with E-state index in [1.807, 2.05) is 0 Å². The van der Waals surface area contributed by atoms with Crippen LogP contribution in [0.15, 0.2) is 0 Å². The molecule has 2 saturated heterocycles. The molecule has 2 heterocycles. The zero-order valence-electron chi connectivity index (χ0n) is 5.19. The van der Waals surface area contributed by atoms with E-state index in [2.05, 4.69) is 5.32 Å². The molecule has 2 aliphatic rings. The average molecular weight is 131 g/mol. The summed E-state index contributed by atoms with van der Waals surface area (Å²) >= 11 is 0. The first kappa shape index (κ1) is 5.62. The fraction of sp³-hybridized carbons (Fsp3) is 1.00. The van der Waals surface area contributed by atoms with Crippen LogP contribution in [0.25, 0.3) is 0 Å². The molecule has 1 N–H and O–H groups in total. The highest BCUT2D eigenvalue weighted by atomic mass is 19.1. The van der Waals surface area contributed by atoms with Crippen molar-refractivity contribution in [2.24, 2.45) is 0 Å². The van der Waals surface area contributed by atoms with Crippen LogP contribution in [0.5, 0.6) is 0 Å². The first-order valence-electron chi connectivity index (χ1n) is 3.32. The first-order chi connectivity index (χ1) is 4.33. The quantitative estimate of drug-likeness (QED) is 0.503. The van der Waals surface area contributed by atoms with Gasteiger partial charge in [0, 0.05) is 19.5 Å². The highest BCUT2D eigenvalue weighted by Crippen LogP contribution is 2.31. The van der Waals surface area contributed by atoms with E-state index in [1.165, 1.54) is 0 Å². The summed E-state index contributed by atoms with van der Waals surface area (Å²) in [6.07, 6.45) is -0.138. The van der Waals surface area contributed by atoms with Crippen molar-refractivity contribution >= 4 is 0 Å². The SMILES string of the molecule is FC1CCOC12CNC2. The van der Waals surface area contributed by atoms with Gasteiger partial charge in [-0.2, -0.15) is 0 Å². The van der Waals surface area contributed by atoms with Gasteiger partial charge in [-0.1, -0.05) is 0 Å².